The first-order chi connectivity index (χ1) is 19.1. The Bertz CT molecular complexity index is 1820. The molecule has 0 aromatic heterocycles. The summed E-state index contributed by atoms with van der Waals surface area (Å²) in [5.74, 6) is -1.29. The fourth-order valence-electron chi connectivity index (χ4n) is 5.55. The summed E-state index contributed by atoms with van der Waals surface area (Å²) in [6.07, 6.45) is 0. The van der Waals surface area contributed by atoms with Gasteiger partial charge in [0, 0.05) is 0 Å². The molecule has 6 rings (SSSR count). The summed E-state index contributed by atoms with van der Waals surface area (Å²) in [5.41, 5.74) is -8.88. The van der Waals surface area contributed by atoms with Gasteiger partial charge in [-0.3, -0.25) is 0 Å². The SMILES string of the molecule is O=S(=O)(Oc1ccc2c(c1)C1(c3ccccc3-2)c2ccccc2-c2ccc(OS(=O)(=O)C(F)(F)F)cc21)C(F)(F)F. The molecule has 0 unspecified atom stereocenters. The first kappa shape index (κ1) is 27.1. The molecule has 6 nitrogen and oxygen atoms in total. The molecule has 14 heteroatoms. The number of alkyl halides is 6. The summed E-state index contributed by atoms with van der Waals surface area (Å²) in [5, 5.41) is 0. The predicted octanol–water partition coefficient (Wildman–Crippen LogP) is 6.49. The lowest BCUT2D eigenvalue weighted by molar-refractivity contribution is -0.0504. The molecule has 212 valence electrons. The molecule has 4 aromatic carbocycles. The van der Waals surface area contributed by atoms with Crippen molar-refractivity contribution < 1.29 is 51.5 Å². The maximum atomic E-state index is 13.1. The van der Waals surface area contributed by atoms with Gasteiger partial charge in [-0.1, -0.05) is 60.7 Å². The molecule has 0 amide bonds. The Morgan fingerprint density at radius 1 is 0.488 bits per heavy atom. The molecule has 0 bridgehead atoms. The largest absolute Gasteiger partial charge is 0.534 e. The molecule has 0 saturated heterocycles. The van der Waals surface area contributed by atoms with Gasteiger partial charge < -0.3 is 8.37 Å². The highest BCUT2D eigenvalue weighted by Gasteiger charge is 2.54. The van der Waals surface area contributed by atoms with Crippen LogP contribution in [0.1, 0.15) is 22.3 Å². The van der Waals surface area contributed by atoms with E-state index in [2.05, 4.69) is 8.37 Å². The first-order valence-electron chi connectivity index (χ1n) is 11.6. The Morgan fingerprint density at radius 3 is 1.20 bits per heavy atom. The van der Waals surface area contributed by atoms with Crippen molar-refractivity contribution in [2.75, 3.05) is 0 Å². The van der Waals surface area contributed by atoms with Gasteiger partial charge >= 0.3 is 31.3 Å². The first-order valence-corrected chi connectivity index (χ1v) is 14.4. The zero-order valence-electron chi connectivity index (χ0n) is 20.1. The number of rotatable bonds is 4. The zero-order chi connectivity index (χ0) is 29.6. The number of hydrogen-bond acceptors (Lipinski definition) is 6. The van der Waals surface area contributed by atoms with Crippen LogP contribution < -0.4 is 8.37 Å². The maximum absolute atomic E-state index is 13.1. The van der Waals surface area contributed by atoms with Crippen LogP contribution in [0.4, 0.5) is 26.3 Å². The highest BCUT2D eigenvalue weighted by molar-refractivity contribution is 7.88. The van der Waals surface area contributed by atoms with Crippen LogP contribution in [0.15, 0.2) is 84.9 Å². The molecule has 1 spiro atoms. The predicted molar refractivity (Wildman–Crippen MR) is 134 cm³/mol. The average molecular weight is 613 g/mol. The van der Waals surface area contributed by atoms with Crippen molar-refractivity contribution >= 4 is 20.2 Å². The van der Waals surface area contributed by atoms with Gasteiger partial charge in [-0.25, -0.2) is 0 Å². The van der Waals surface area contributed by atoms with Crippen LogP contribution in [0, 0.1) is 0 Å². The van der Waals surface area contributed by atoms with E-state index >= 15 is 0 Å². The van der Waals surface area contributed by atoms with Crippen LogP contribution in [-0.2, 0) is 25.7 Å². The van der Waals surface area contributed by atoms with E-state index in [1.54, 1.807) is 48.5 Å². The topological polar surface area (TPSA) is 86.7 Å². The fraction of sp³-hybridized carbons (Fsp3) is 0.111. The molecule has 2 aliphatic carbocycles. The number of halogens is 6. The molecule has 4 aromatic rings. The normalized spacial score (nSPS) is 15.2. The standard InChI is InChI=1S/C27H14F6O6S2/c28-26(29,30)40(34,35)38-15-9-11-19-17-5-1-3-7-21(17)25(23(19)13-15)22-8-4-2-6-18(22)20-12-10-16(14-24(20)25)39-41(36,37)27(31,32)33/h1-14H. The van der Waals surface area contributed by atoms with Crippen LogP contribution in [0.5, 0.6) is 11.5 Å². The van der Waals surface area contributed by atoms with Gasteiger partial charge in [0.2, 0.25) is 0 Å². The van der Waals surface area contributed by atoms with Gasteiger partial charge in [-0.15, -0.1) is 0 Å². The summed E-state index contributed by atoms with van der Waals surface area (Å²) in [4.78, 5) is 0. The number of benzene rings is 4. The summed E-state index contributed by atoms with van der Waals surface area (Å²) in [6, 6.07) is 20.8. The van der Waals surface area contributed by atoms with Crippen LogP contribution in [0.3, 0.4) is 0 Å². The second-order valence-corrected chi connectivity index (χ2v) is 12.3. The fourth-order valence-corrected chi connectivity index (χ4v) is 6.45. The molecule has 2 aliphatic rings. The molecular weight excluding hydrogens is 598 g/mol. The van der Waals surface area contributed by atoms with E-state index in [1.165, 1.54) is 12.1 Å². The Hall–Kier alpha value is -4.04. The third-order valence-electron chi connectivity index (χ3n) is 7.01. The van der Waals surface area contributed by atoms with Gasteiger partial charge in [-0.2, -0.15) is 43.2 Å². The zero-order valence-corrected chi connectivity index (χ0v) is 21.7. The van der Waals surface area contributed by atoms with Gasteiger partial charge in [0.1, 0.15) is 11.5 Å². The van der Waals surface area contributed by atoms with Crippen molar-refractivity contribution in [3.8, 4) is 33.8 Å². The van der Waals surface area contributed by atoms with Crippen molar-refractivity contribution in [3.05, 3.63) is 107 Å². The summed E-state index contributed by atoms with van der Waals surface area (Å²) in [6.45, 7) is 0. The molecule has 41 heavy (non-hydrogen) atoms. The molecule has 0 radical (unpaired) electrons. The van der Waals surface area contributed by atoms with Crippen molar-refractivity contribution in [2.24, 2.45) is 0 Å². The average Bonchev–Trinajstić information content (AvgIpc) is 3.33. The highest BCUT2D eigenvalue weighted by atomic mass is 32.2. The van der Waals surface area contributed by atoms with Crippen LogP contribution in [-0.4, -0.2) is 27.9 Å². The van der Waals surface area contributed by atoms with Gasteiger partial charge in [0.05, 0.1) is 5.41 Å². The van der Waals surface area contributed by atoms with Gasteiger partial charge in [0.15, 0.2) is 0 Å². The van der Waals surface area contributed by atoms with Crippen molar-refractivity contribution in [1.82, 2.24) is 0 Å². The molecule has 0 aliphatic heterocycles. The smallest absolute Gasteiger partial charge is 0.376 e. The molecular formula is C27H14F6O6S2. The number of fused-ring (bicyclic) bond motifs is 10. The number of hydrogen-bond donors (Lipinski definition) is 0. The summed E-state index contributed by atoms with van der Waals surface area (Å²) >= 11 is 0. The summed E-state index contributed by atoms with van der Waals surface area (Å²) < 4.78 is 135. The van der Waals surface area contributed by atoms with Crippen molar-refractivity contribution in [2.45, 2.75) is 16.4 Å². The summed E-state index contributed by atoms with van der Waals surface area (Å²) in [7, 11) is -12.1. The lowest BCUT2D eigenvalue weighted by Gasteiger charge is -2.30. The van der Waals surface area contributed by atoms with Crippen LogP contribution in [0.25, 0.3) is 22.3 Å². The van der Waals surface area contributed by atoms with E-state index < -0.39 is 48.2 Å². The third-order valence-corrected chi connectivity index (χ3v) is 8.97. The van der Waals surface area contributed by atoms with E-state index in [-0.39, 0.29) is 11.1 Å². The van der Waals surface area contributed by atoms with Gasteiger partial charge in [-0.05, 0) is 68.8 Å². The quantitative estimate of drug-likeness (QED) is 0.129. The second kappa shape index (κ2) is 8.49. The minimum atomic E-state index is -6.03. The third kappa shape index (κ3) is 3.84. The van der Waals surface area contributed by atoms with Crippen LogP contribution >= 0.6 is 0 Å². The molecule has 0 heterocycles. The minimum absolute atomic E-state index is 0.274. The highest BCUT2D eigenvalue weighted by Crippen LogP contribution is 2.63. The van der Waals surface area contributed by atoms with E-state index in [0.717, 1.165) is 24.3 Å². The monoisotopic (exact) mass is 612 g/mol. The Labute approximate surface area is 229 Å². The molecule has 0 fully saturated rings. The molecule has 0 N–H and O–H groups in total. The maximum Gasteiger partial charge on any atom is 0.534 e. The molecule has 0 atom stereocenters. The Kier molecular flexibility index (Phi) is 5.62. The Morgan fingerprint density at radius 2 is 0.829 bits per heavy atom. The van der Waals surface area contributed by atoms with Crippen LogP contribution in [0.2, 0.25) is 0 Å². The van der Waals surface area contributed by atoms with E-state index in [1.807, 2.05) is 0 Å². The van der Waals surface area contributed by atoms with E-state index in [4.69, 9.17) is 0 Å². The second-order valence-electron chi connectivity index (χ2n) is 9.22. The van der Waals surface area contributed by atoms with Crippen molar-refractivity contribution in [3.63, 3.8) is 0 Å². The minimum Gasteiger partial charge on any atom is -0.376 e. The van der Waals surface area contributed by atoms with E-state index in [0.29, 0.717) is 33.4 Å². The lowest BCUT2D eigenvalue weighted by atomic mass is 9.70. The lowest BCUT2D eigenvalue weighted by Crippen LogP contribution is -2.29. The van der Waals surface area contributed by atoms with Crippen molar-refractivity contribution in [1.29, 1.82) is 0 Å². The Balaban J connectivity index is 1.64. The molecule has 0 saturated carbocycles. The van der Waals surface area contributed by atoms with E-state index in [9.17, 15) is 43.2 Å². The van der Waals surface area contributed by atoms with Gasteiger partial charge in [0.25, 0.3) is 0 Å².